The van der Waals surface area contributed by atoms with Crippen molar-refractivity contribution in [1.29, 1.82) is 0 Å². The minimum atomic E-state index is -1.31. The third kappa shape index (κ3) is 14.6. The van der Waals surface area contributed by atoms with Crippen molar-refractivity contribution in [2.75, 3.05) is 39.5 Å². The first-order valence-electron chi connectivity index (χ1n) is 19.1. The Morgan fingerprint density at radius 2 is 1.05 bits per heavy atom. The number of aliphatic hydroxyl groups is 1. The zero-order valence-corrected chi connectivity index (χ0v) is 32.3. The first-order valence-corrected chi connectivity index (χ1v) is 19.1. The maximum atomic E-state index is 14.0. The standard InChI is InChI=1S/C42H57N5O8/c1-29(2)36(45-41(51)54-25-22-47-20-23-53-24-21-47)39(49)43-34(26-31-14-8-5-9-15-31)38(48)35(27-32-16-10-6-11-17-32)44-40(50)37(30(3)4)46-42(52)55-28-33-18-12-7-13-19-33/h5-19,29-30,34-38,48H,20-28H2,1-4H3,(H,43,49)(H,44,50)(H,45,51)(H,46,52)/t34?,35?,36-,37-,38?/m0/s1. The van der Waals surface area contributed by atoms with Crippen molar-refractivity contribution in [3.8, 4) is 0 Å². The molecule has 3 unspecified atom stereocenters. The van der Waals surface area contributed by atoms with E-state index in [2.05, 4.69) is 26.2 Å². The number of rotatable bonds is 19. The Bertz CT molecular complexity index is 1610. The molecule has 13 nitrogen and oxygen atoms in total. The minimum absolute atomic E-state index is 0.0354. The fraction of sp³-hybridized carbons (Fsp3) is 0.476. The predicted molar refractivity (Wildman–Crippen MR) is 209 cm³/mol. The van der Waals surface area contributed by atoms with Gasteiger partial charge in [0.15, 0.2) is 0 Å². The van der Waals surface area contributed by atoms with E-state index in [0.717, 1.165) is 29.8 Å². The number of hydrogen-bond acceptors (Lipinski definition) is 9. The van der Waals surface area contributed by atoms with Crippen molar-refractivity contribution in [1.82, 2.24) is 26.2 Å². The van der Waals surface area contributed by atoms with E-state index in [4.69, 9.17) is 14.2 Å². The molecule has 0 aliphatic carbocycles. The highest BCUT2D eigenvalue weighted by molar-refractivity contribution is 5.87. The number of nitrogens with zero attached hydrogens (tertiary/aromatic N) is 1. The van der Waals surface area contributed by atoms with Crippen LogP contribution in [0.2, 0.25) is 0 Å². The van der Waals surface area contributed by atoms with E-state index < -0.39 is 54.3 Å². The molecule has 1 heterocycles. The Morgan fingerprint density at radius 1 is 0.636 bits per heavy atom. The first kappa shape index (κ1) is 42.8. The summed E-state index contributed by atoms with van der Waals surface area (Å²) in [6, 6.07) is 24.2. The molecule has 1 aliphatic heterocycles. The number of nitrogens with one attached hydrogen (secondary N) is 4. The fourth-order valence-corrected chi connectivity index (χ4v) is 6.30. The molecule has 5 atom stereocenters. The second-order valence-electron chi connectivity index (χ2n) is 14.5. The van der Waals surface area contributed by atoms with Crippen LogP contribution in [0.25, 0.3) is 0 Å². The second-order valence-corrected chi connectivity index (χ2v) is 14.5. The molecule has 13 heteroatoms. The summed E-state index contributed by atoms with van der Waals surface area (Å²) in [5.74, 6) is -1.67. The lowest BCUT2D eigenvalue weighted by molar-refractivity contribution is -0.126. The van der Waals surface area contributed by atoms with Gasteiger partial charge in [-0.15, -0.1) is 0 Å². The molecule has 1 saturated heterocycles. The number of morpholine rings is 1. The molecule has 55 heavy (non-hydrogen) atoms. The number of carbonyl (C=O) groups excluding carboxylic acids is 4. The normalized spacial score (nSPS) is 15.9. The molecule has 4 rings (SSSR count). The summed E-state index contributed by atoms with van der Waals surface area (Å²) in [6.45, 7) is 10.7. The molecule has 0 spiro atoms. The van der Waals surface area contributed by atoms with Crippen LogP contribution < -0.4 is 21.3 Å². The van der Waals surface area contributed by atoms with Gasteiger partial charge in [0.1, 0.15) is 25.3 Å². The maximum absolute atomic E-state index is 14.0. The van der Waals surface area contributed by atoms with Gasteiger partial charge in [0.25, 0.3) is 0 Å². The molecule has 3 aromatic carbocycles. The largest absolute Gasteiger partial charge is 0.448 e. The van der Waals surface area contributed by atoms with Gasteiger partial charge in [-0.1, -0.05) is 119 Å². The molecule has 1 fully saturated rings. The van der Waals surface area contributed by atoms with Crippen LogP contribution in [-0.4, -0.2) is 104 Å². The van der Waals surface area contributed by atoms with Gasteiger partial charge >= 0.3 is 12.2 Å². The fourth-order valence-electron chi connectivity index (χ4n) is 6.30. The van der Waals surface area contributed by atoms with Gasteiger partial charge in [0.05, 0.1) is 31.4 Å². The number of alkyl carbamates (subject to hydrolysis) is 2. The molecular formula is C42H57N5O8. The van der Waals surface area contributed by atoms with Crippen molar-refractivity contribution in [2.45, 2.75) is 77.4 Å². The molecule has 4 amide bonds. The van der Waals surface area contributed by atoms with E-state index in [1.807, 2.05) is 105 Å². The number of amides is 4. The zero-order chi connectivity index (χ0) is 39.6. The number of hydrogen-bond donors (Lipinski definition) is 5. The van der Waals surface area contributed by atoms with Gasteiger partial charge in [0.2, 0.25) is 11.8 Å². The van der Waals surface area contributed by atoms with E-state index >= 15 is 0 Å². The quantitative estimate of drug-likeness (QED) is 0.122. The van der Waals surface area contributed by atoms with Crippen molar-refractivity contribution in [3.05, 3.63) is 108 Å². The lowest BCUT2D eigenvalue weighted by Gasteiger charge is -2.34. The Labute approximate surface area is 324 Å². The monoisotopic (exact) mass is 759 g/mol. The van der Waals surface area contributed by atoms with E-state index in [0.29, 0.717) is 19.8 Å². The Hall–Kier alpha value is -4.98. The molecule has 0 radical (unpaired) electrons. The summed E-state index contributed by atoms with van der Waals surface area (Å²) in [5, 5.41) is 23.6. The molecule has 1 aliphatic rings. The average molecular weight is 760 g/mol. The van der Waals surface area contributed by atoms with E-state index in [-0.39, 0.29) is 37.9 Å². The lowest BCUT2D eigenvalue weighted by Crippen LogP contribution is -2.61. The van der Waals surface area contributed by atoms with Crippen LogP contribution in [0.1, 0.15) is 44.4 Å². The van der Waals surface area contributed by atoms with Gasteiger partial charge in [-0.2, -0.15) is 0 Å². The van der Waals surface area contributed by atoms with Crippen LogP contribution in [0.15, 0.2) is 91.0 Å². The van der Waals surface area contributed by atoms with Gasteiger partial charge in [-0.05, 0) is 41.4 Å². The Kier molecular flexibility index (Phi) is 17.4. The molecule has 0 bridgehead atoms. The summed E-state index contributed by atoms with van der Waals surface area (Å²) in [5.41, 5.74) is 2.49. The van der Waals surface area contributed by atoms with Crippen molar-refractivity contribution >= 4 is 24.0 Å². The van der Waals surface area contributed by atoms with Gasteiger partial charge in [0, 0.05) is 19.6 Å². The topological polar surface area (TPSA) is 168 Å². The van der Waals surface area contributed by atoms with Crippen molar-refractivity contribution in [3.63, 3.8) is 0 Å². The number of carbonyl (C=O) groups is 4. The van der Waals surface area contributed by atoms with Gasteiger partial charge in [-0.3, -0.25) is 14.5 Å². The maximum Gasteiger partial charge on any atom is 0.408 e. The summed E-state index contributed by atoms with van der Waals surface area (Å²) in [4.78, 5) is 55.8. The second kappa shape index (κ2) is 22.4. The van der Waals surface area contributed by atoms with Gasteiger partial charge in [-0.25, -0.2) is 9.59 Å². The van der Waals surface area contributed by atoms with Crippen LogP contribution in [0.4, 0.5) is 9.59 Å². The SMILES string of the molecule is CC(C)[C@H](NC(=O)OCCN1CCOCC1)C(=O)NC(Cc1ccccc1)C(O)C(Cc1ccccc1)NC(=O)[C@@H](NC(=O)OCc1ccccc1)C(C)C. The van der Waals surface area contributed by atoms with Crippen molar-refractivity contribution in [2.24, 2.45) is 11.8 Å². The molecular weight excluding hydrogens is 702 g/mol. The molecule has 3 aromatic rings. The molecule has 5 N–H and O–H groups in total. The smallest absolute Gasteiger partial charge is 0.408 e. The summed E-state index contributed by atoms with van der Waals surface area (Å²) in [7, 11) is 0. The minimum Gasteiger partial charge on any atom is -0.448 e. The van der Waals surface area contributed by atoms with E-state index in [1.54, 1.807) is 13.8 Å². The lowest BCUT2D eigenvalue weighted by atomic mass is 9.91. The van der Waals surface area contributed by atoms with Crippen LogP contribution in [-0.2, 0) is 43.2 Å². The number of ether oxygens (including phenoxy) is 3. The van der Waals surface area contributed by atoms with Crippen LogP contribution in [0.3, 0.4) is 0 Å². The summed E-state index contributed by atoms with van der Waals surface area (Å²) in [6.07, 6.45) is -2.33. The van der Waals surface area contributed by atoms with Gasteiger partial charge < -0.3 is 40.6 Å². The van der Waals surface area contributed by atoms with Crippen LogP contribution in [0.5, 0.6) is 0 Å². The Balaban J connectivity index is 1.50. The molecule has 0 saturated carbocycles. The third-order valence-corrected chi connectivity index (χ3v) is 9.48. The molecule has 0 aromatic heterocycles. The summed E-state index contributed by atoms with van der Waals surface area (Å²) >= 11 is 0. The number of aliphatic hydroxyl groups excluding tert-OH is 1. The van der Waals surface area contributed by atoms with Crippen LogP contribution >= 0.6 is 0 Å². The highest BCUT2D eigenvalue weighted by Crippen LogP contribution is 2.16. The predicted octanol–water partition coefficient (Wildman–Crippen LogP) is 3.84. The van der Waals surface area contributed by atoms with E-state index in [9.17, 15) is 24.3 Å². The average Bonchev–Trinajstić information content (AvgIpc) is 3.18. The molecule has 298 valence electrons. The summed E-state index contributed by atoms with van der Waals surface area (Å²) < 4.78 is 16.2. The van der Waals surface area contributed by atoms with Crippen molar-refractivity contribution < 1.29 is 38.5 Å². The highest BCUT2D eigenvalue weighted by Gasteiger charge is 2.36. The zero-order valence-electron chi connectivity index (χ0n) is 32.3. The van der Waals surface area contributed by atoms with E-state index in [1.165, 1.54) is 0 Å². The number of benzene rings is 3. The first-order chi connectivity index (χ1) is 26.5. The third-order valence-electron chi connectivity index (χ3n) is 9.48. The highest BCUT2D eigenvalue weighted by atomic mass is 16.6. The van der Waals surface area contributed by atoms with Crippen LogP contribution in [0, 0.1) is 11.8 Å². The Morgan fingerprint density at radius 3 is 1.49 bits per heavy atom.